The lowest BCUT2D eigenvalue weighted by atomic mass is 10.2. The van der Waals surface area contributed by atoms with E-state index in [-0.39, 0.29) is 17.6 Å². The molecule has 0 saturated heterocycles. The predicted molar refractivity (Wildman–Crippen MR) is 105 cm³/mol. The molecule has 0 aliphatic heterocycles. The maximum atomic E-state index is 12.0. The molecule has 2 rings (SSSR count). The van der Waals surface area contributed by atoms with Crippen LogP contribution in [0.3, 0.4) is 0 Å². The molecular formula is C19H21ClN2O2S. The highest BCUT2D eigenvalue weighted by Gasteiger charge is 2.06. The maximum Gasteiger partial charge on any atom is 0.234 e. The summed E-state index contributed by atoms with van der Waals surface area (Å²) in [5, 5.41) is 6.34. The molecule has 2 N–H and O–H groups in total. The summed E-state index contributed by atoms with van der Waals surface area (Å²) in [6.07, 6.45) is 2.40. The van der Waals surface area contributed by atoms with Crippen LogP contribution in [0.4, 0.5) is 11.4 Å². The van der Waals surface area contributed by atoms with Crippen molar-refractivity contribution in [2.45, 2.75) is 31.1 Å². The molecule has 0 aliphatic rings. The van der Waals surface area contributed by atoms with Crippen molar-refractivity contribution in [2.24, 2.45) is 0 Å². The Labute approximate surface area is 157 Å². The van der Waals surface area contributed by atoms with Gasteiger partial charge in [-0.25, -0.2) is 0 Å². The Morgan fingerprint density at radius 1 is 1.00 bits per heavy atom. The number of benzene rings is 2. The molecule has 2 aromatic carbocycles. The molecule has 0 spiro atoms. The van der Waals surface area contributed by atoms with Gasteiger partial charge in [-0.3, -0.25) is 9.59 Å². The van der Waals surface area contributed by atoms with E-state index in [0.29, 0.717) is 17.1 Å². The minimum atomic E-state index is -0.0929. The number of nitrogens with one attached hydrogen (secondary N) is 2. The van der Waals surface area contributed by atoms with Crippen LogP contribution in [0, 0.1) is 0 Å². The number of carbonyl (C=O) groups excluding carboxylic acids is 2. The Morgan fingerprint density at radius 3 is 2.44 bits per heavy atom. The number of carbonyl (C=O) groups is 2. The zero-order chi connectivity index (χ0) is 18.1. The SMILES string of the molecule is CCCCC(=O)Nc1cccc(SCC(=O)Nc2ccc(Cl)cc2)c1. The Kier molecular flexibility index (Phi) is 7.82. The highest BCUT2D eigenvalue weighted by atomic mass is 35.5. The highest BCUT2D eigenvalue weighted by Crippen LogP contribution is 2.22. The lowest BCUT2D eigenvalue weighted by Gasteiger charge is -2.08. The average molecular weight is 377 g/mol. The number of halogens is 1. The van der Waals surface area contributed by atoms with Gasteiger partial charge in [0, 0.05) is 27.7 Å². The second kappa shape index (κ2) is 10.1. The topological polar surface area (TPSA) is 58.2 Å². The second-order valence-corrected chi connectivity index (χ2v) is 7.01. The molecule has 2 aromatic rings. The molecular weight excluding hydrogens is 356 g/mol. The number of hydrogen-bond donors (Lipinski definition) is 2. The molecule has 0 radical (unpaired) electrons. The predicted octanol–water partition coefficient (Wildman–Crippen LogP) is 5.20. The van der Waals surface area contributed by atoms with Gasteiger partial charge in [-0.05, 0) is 48.9 Å². The van der Waals surface area contributed by atoms with E-state index in [0.717, 1.165) is 23.4 Å². The lowest BCUT2D eigenvalue weighted by Crippen LogP contribution is -2.14. The first kappa shape index (κ1) is 19.3. The van der Waals surface area contributed by atoms with E-state index in [1.165, 1.54) is 11.8 Å². The van der Waals surface area contributed by atoms with Crippen LogP contribution >= 0.6 is 23.4 Å². The first-order chi connectivity index (χ1) is 12.1. The molecule has 25 heavy (non-hydrogen) atoms. The van der Waals surface area contributed by atoms with Crippen molar-refractivity contribution in [3.8, 4) is 0 Å². The number of amides is 2. The van der Waals surface area contributed by atoms with Gasteiger partial charge < -0.3 is 10.6 Å². The number of unbranched alkanes of at least 4 members (excludes halogenated alkanes) is 1. The summed E-state index contributed by atoms with van der Waals surface area (Å²) in [5.41, 5.74) is 1.47. The number of hydrogen-bond acceptors (Lipinski definition) is 3. The summed E-state index contributed by atoms with van der Waals surface area (Å²) >= 11 is 7.24. The first-order valence-corrected chi connectivity index (χ1v) is 9.51. The van der Waals surface area contributed by atoms with Crippen LogP contribution in [-0.2, 0) is 9.59 Å². The molecule has 0 aromatic heterocycles. The minimum Gasteiger partial charge on any atom is -0.326 e. The standard InChI is InChI=1S/C19H21ClN2O2S/c1-2-3-7-18(23)22-16-5-4-6-17(12-16)25-13-19(24)21-15-10-8-14(20)9-11-15/h4-6,8-12H,2-3,7,13H2,1H3,(H,21,24)(H,22,23). The van der Waals surface area contributed by atoms with Crippen LogP contribution in [0.15, 0.2) is 53.4 Å². The maximum absolute atomic E-state index is 12.0. The third-order valence-electron chi connectivity index (χ3n) is 3.37. The monoisotopic (exact) mass is 376 g/mol. The van der Waals surface area contributed by atoms with Crippen molar-refractivity contribution in [3.63, 3.8) is 0 Å². The summed E-state index contributed by atoms with van der Waals surface area (Å²) in [7, 11) is 0. The normalized spacial score (nSPS) is 10.3. The summed E-state index contributed by atoms with van der Waals surface area (Å²) < 4.78 is 0. The molecule has 0 fully saturated rings. The van der Waals surface area contributed by atoms with E-state index < -0.39 is 0 Å². The molecule has 0 saturated carbocycles. The fourth-order valence-electron chi connectivity index (χ4n) is 2.10. The van der Waals surface area contributed by atoms with Crippen LogP contribution in [-0.4, -0.2) is 17.6 Å². The fourth-order valence-corrected chi connectivity index (χ4v) is 2.98. The van der Waals surface area contributed by atoms with Crippen molar-refractivity contribution in [1.82, 2.24) is 0 Å². The van der Waals surface area contributed by atoms with Gasteiger partial charge in [0.2, 0.25) is 11.8 Å². The summed E-state index contributed by atoms with van der Waals surface area (Å²) in [6, 6.07) is 14.5. The number of anilines is 2. The van der Waals surface area contributed by atoms with Gasteiger partial charge >= 0.3 is 0 Å². The van der Waals surface area contributed by atoms with E-state index in [1.807, 2.05) is 24.3 Å². The molecule has 0 heterocycles. The van der Waals surface area contributed by atoms with Crippen LogP contribution in [0.1, 0.15) is 26.2 Å². The third-order valence-corrected chi connectivity index (χ3v) is 4.62. The molecule has 0 atom stereocenters. The summed E-state index contributed by atoms with van der Waals surface area (Å²) in [4.78, 5) is 24.7. The summed E-state index contributed by atoms with van der Waals surface area (Å²) in [5.74, 6) is 0.213. The largest absolute Gasteiger partial charge is 0.326 e. The number of thioether (sulfide) groups is 1. The van der Waals surface area contributed by atoms with Crippen molar-refractivity contribution in [2.75, 3.05) is 16.4 Å². The Morgan fingerprint density at radius 2 is 1.72 bits per heavy atom. The van der Waals surface area contributed by atoms with Gasteiger partial charge in [-0.15, -0.1) is 11.8 Å². The van der Waals surface area contributed by atoms with Crippen LogP contribution in [0.5, 0.6) is 0 Å². The quantitative estimate of drug-likeness (QED) is 0.622. The third kappa shape index (κ3) is 7.20. The zero-order valence-electron chi connectivity index (χ0n) is 14.0. The van der Waals surface area contributed by atoms with E-state index in [1.54, 1.807) is 24.3 Å². The lowest BCUT2D eigenvalue weighted by molar-refractivity contribution is -0.116. The molecule has 2 amide bonds. The van der Waals surface area contributed by atoms with Crippen molar-refractivity contribution in [1.29, 1.82) is 0 Å². The van der Waals surface area contributed by atoms with Crippen LogP contribution in [0.25, 0.3) is 0 Å². The van der Waals surface area contributed by atoms with Gasteiger partial charge in [-0.2, -0.15) is 0 Å². The Bertz CT molecular complexity index is 720. The van der Waals surface area contributed by atoms with E-state index >= 15 is 0 Å². The molecule has 0 unspecified atom stereocenters. The van der Waals surface area contributed by atoms with Crippen molar-refractivity contribution >= 4 is 46.6 Å². The van der Waals surface area contributed by atoms with Gasteiger partial charge in [0.15, 0.2) is 0 Å². The van der Waals surface area contributed by atoms with Gasteiger partial charge in [0.25, 0.3) is 0 Å². The smallest absolute Gasteiger partial charge is 0.234 e. The molecule has 132 valence electrons. The van der Waals surface area contributed by atoms with E-state index in [2.05, 4.69) is 17.6 Å². The molecule has 4 nitrogen and oxygen atoms in total. The molecule has 0 aliphatic carbocycles. The van der Waals surface area contributed by atoms with Gasteiger partial charge in [-0.1, -0.05) is 31.0 Å². The van der Waals surface area contributed by atoms with Gasteiger partial charge in [0.1, 0.15) is 0 Å². The second-order valence-electron chi connectivity index (χ2n) is 5.52. The van der Waals surface area contributed by atoms with Crippen molar-refractivity contribution < 1.29 is 9.59 Å². The average Bonchev–Trinajstić information content (AvgIpc) is 2.60. The molecule has 0 bridgehead atoms. The van der Waals surface area contributed by atoms with E-state index in [9.17, 15) is 9.59 Å². The fraction of sp³-hybridized carbons (Fsp3) is 0.263. The Hall–Kier alpha value is -1.98. The van der Waals surface area contributed by atoms with Crippen LogP contribution in [0.2, 0.25) is 5.02 Å². The molecule has 6 heteroatoms. The highest BCUT2D eigenvalue weighted by molar-refractivity contribution is 8.00. The van der Waals surface area contributed by atoms with Crippen molar-refractivity contribution in [3.05, 3.63) is 53.6 Å². The Balaban J connectivity index is 1.83. The first-order valence-electron chi connectivity index (χ1n) is 8.15. The minimum absolute atomic E-state index is 0.0180. The number of rotatable bonds is 8. The van der Waals surface area contributed by atoms with Crippen LogP contribution < -0.4 is 10.6 Å². The summed E-state index contributed by atoms with van der Waals surface area (Å²) in [6.45, 7) is 2.06. The zero-order valence-corrected chi connectivity index (χ0v) is 15.6. The van der Waals surface area contributed by atoms with Gasteiger partial charge in [0.05, 0.1) is 5.75 Å². The van der Waals surface area contributed by atoms with E-state index in [4.69, 9.17) is 11.6 Å².